The Hall–Kier alpha value is -1.98. The Labute approximate surface area is 128 Å². The average Bonchev–Trinajstić information content (AvgIpc) is 2.80. The maximum Gasteiger partial charge on any atom is 0.240 e. The molecule has 0 radical (unpaired) electrons. The van der Waals surface area contributed by atoms with Gasteiger partial charge in [0.15, 0.2) is 0 Å². The average molecular weight is 307 g/mol. The van der Waals surface area contributed by atoms with Crippen LogP contribution >= 0.6 is 0 Å². The lowest BCUT2D eigenvalue weighted by molar-refractivity contribution is -0.121. The van der Waals surface area contributed by atoms with E-state index in [-0.39, 0.29) is 24.1 Å². The van der Waals surface area contributed by atoms with Gasteiger partial charge in [-0.15, -0.1) is 0 Å². The van der Waals surface area contributed by atoms with Crippen molar-refractivity contribution in [3.63, 3.8) is 0 Å². The number of halogens is 2. The molecule has 1 N–H and O–H groups in total. The summed E-state index contributed by atoms with van der Waals surface area (Å²) in [5, 5.41) is 3.89. The maximum atomic E-state index is 14.5. The number of carbonyl (C=O) groups excluding carboxylic acids is 1. The minimum Gasteiger partial charge on any atom is -0.364 e. The zero-order chi connectivity index (χ0) is 15.9. The summed E-state index contributed by atoms with van der Waals surface area (Å²) in [5.41, 5.74) is 3.28. The zero-order valence-electron chi connectivity index (χ0n) is 12.7. The number of hydrogen-bond acceptors (Lipinski definition) is 3. The van der Waals surface area contributed by atoms with Crippen LogP contribution in [0.4, 0.5) is 14.5 Å². The van der Waals surface area contributed by atoms with Crippen LogP contribution < -0.4 is 10.3 Å². The van der Waals surface area contributed by atoms with Crippen molar-refractivity contribution in [2.45, 2.75) is 39.2 Å². The molecule has 1 amide bonds. The van der Waals surface area contributed by atoms with Gasteiger partial charge in [0.2, 0.25) is 5.91 Å². The van der Waals surface area contributed by atoms with Gasteiger partial charge in [-0.25, -0.2) is 14.2 Å². The van der Waals surface area contributed by atoms with Crippen molar-refractivity contribution in [2.24, 2.45) is 11.0 Å². The lowest BCUT2D eigenvalue weighted by Crippen LogP contribution is -2.31. The van der Waals surface area contributed by atoms with Crippen LogP contribution in [0.1, 0.15) is 38.7 Å². The van der Waals surface area contributed by atoms with Crippen molar-refractivity contribution < 1.29 is 13.6 Å². The maximum absolute atomic E-state index is 14.5. The third-order valence-corrected chi connectivity index (χ3v) is 4.68. The molecule has 0 aliphatic carbocycles. The van der Waals surface area contributed by atoms with E-state index < -0.39 is 11.6 Å². The van der Waals surface area contributed by atoms with Gasteiger partial charge in [0.25, 0.3) is 0 Å². The van der Waals surface area contributed by atoms with E-state index in [2.05, 4.69) is 17.5 Å². The van der Waals surface area contributed by atoms with Gasteiger partial charge in [-0.1, -0.05) is 6.92 Å². The molecule has 2 atom stereocenters. The Kier molecular flexibility index (Phi) is 3.85. The normalized spacial score (nSPS) is 25.2. The lowest BCUT2D eigenvalue weighted by Gasteiger charge is -2.27. The van der Waals surface area contributed by atoms with Crippen molar-refractivity contribution in [3.05, 3.63) is 29.3 Å². The van der Waals surface area contributed by atoms with E-state index in [0.29, 0.717) is 30.2 Å². The highest BCUT2D eigenvalue weighted by atomic mass is 19.1. The molecule has 2 heterocycles. The minimum absolute atomic E-state index is 0.0426. The first kappa shape index (κ1) is 14.9. The number of nitrogens with one attached hydrogen (secondary N) is 1. The van der Waals surface area contributed by atoms with Gasteiger partial charge in [-0.2, -0.15) is 5.10 Å². The number of amides is 1. The van der Waals surface area contributed by atoms with Crippen molar-refractivity contribution in [3.8, 4) is 0 Å². The number of anilines is 1. The second-order valence-electron chi connectivity index (χ2n) is 6.08. The first-order valence-electron chi connectivity index (χ1n) is 7.59. The molecule has 1 fully saturated rings. The molecule has 2 aliphatic heterocycles. The van der Waals surface area contributed by atoms with Gasteiger partial charge in [0.1, 0.15) is 17.3 Å². The number of benzene rings is 1. The van der Waals surface area contributed by atoms with E-state index in [4.69, 9.17) is 0 Å². The molecule has 1 aromatic rings. The smallest absolute Gasteiger partial charge is 0.240 e. The van der Waals surface area contributed by atoms with Crippen molar-refractivity contribution >= 4 is 17.3 Å². The summed E-state index contributed by atoms with van der Waals surface area (Å²) in [7, 11) is 0. The molecule has 0 spiro atoms. The number of nitrogens with zero attached hydrogens (tertiary/aromatic N) is 2. The molecular formula is C16H19F2N3O. The van der Waals surface area contributed by atoms with Crippen LogP contribution in [0.5, 0.6) is 0 Å². The molecule has 22 heavy (non-hydrogen) atoms. The van der Waals surface area contributed by atoms with E-state index in [0.717, 1.165) is 6.42 Å². The minimum atomic E-state index is -0.574. The number of rotatable bonds is 2. The van der Waals surface area contributed by atoms with Gasteiger partial charge in [0, 0.05) is 31.0 Å². The van der Waals surface area contributed by atoms with Crippen molar-refractivity contribution in [2.75, 3.05) is 11.4 Å². The van der Waals surface area contributed by atoms with Crippen LogP contribution in [0.3, 0.4) is 0 Å². The van der Waals surface area contributed by atoms with Gasteiger partial charge in [-0.05, 0) is 31.4 Å². The van der Waals surface area contributed by atoms with Crippen LogP contribution in [0.25, 0.3) is 0 Å². The van der Waals surface area contributed by atoms with Crippen LogP contribution in [0.15, 0.2) is 17.2 Å². The highest BCUT2D eigenvalue weighted by Gasteiger charge is 2.31. The Morgan fingerprint density at radius 2 is 1.91 bits per heavy atom. The van der Waals surface area contributed by atoms with Crippen LogP contribution in [0, 0.1) is 17.6 Å². The summed E-state index contributed by atoms with van der Waals surface area (Å²) in [6, 6.07) is 2.73. The van der Waals surface area contributed by atoms with Crippen LogP contribution in [-0.4, -0.2) is 24.2 Å². The third-order valence-electron chi connectivity index (χ3n) is 4.68. The summed E-state index contributed by atoms with van der Waals surface area (Å²) in [4.78, 5) is 12.9. The topological polar surface area (TPSA) is 44.7 Å². The van der Waals surface area contributed by atoms with Crippen LogP contribution in [-0.2, 0) is 4.79 Å². The second kappa shape index (κ2) is 5.66. The molecule has 0 aromatic heterocycles. The molecule has 1 aromatic carbocycles. The molecule has 3 rings (SSSR count). The first-order valence-corrected chi connectivity index (χ1v) is 7.59. The molecular weight excluding hydrogens is 288 g/mol. The summed E-state index contributed by atoms with van der Waals surface area (Å²) in [6.45, 7) is 4.74. The summed E-state index contributed by atoms with van der Waals surface area (Å²) < 4.78 is 28.9. The molecule has 4 nitrogen and oxygen atoms in total. The predicted molar refractivity (Wildman–Crippen MR) is 80.9 cm³/mol. The number of carbonyl (C=O) groups is 1. The Balaban J connectivity index is 1.94. The fraction of sp³-hybridized carbons (Fsp3) is 0.500. The van der Waals surface area contributed by atoms with Gasteiger partial charge >= 0.3 is 0 Å². The lowest BCUT2D eigenvalue weighted by atomic mass is 10.0. The second-order valence-corrected chi connectivity index (χ2v) is 6.08. The van der Waals surface area contributed by atoms with E-state index in [1.54, 1.807) is 4.90 Å². The summed E-state index contributed by atoms with van der Waals surface area (Å²) in [5.74, 6) is -0.913. The highest BCUT2D eigenvalue weighted by molar-refractivity contribution is 6.04. The third kappa shape index (κ3) is 2.58. The molecule has 2 unspecified atom stereocenters. The number of hydrogen-bond donors (Lipinski definition) is 1. The summed E-state index contributed by atoms with van der Waals surface area (Å²) in [6.07, 6.45) is 1.60. The van der Waals surface area contributed by atoms with E-state index >= 15 is 0 Å². The number of hydrazone groups is 1. The molecule has 2 aliphatic rings. The standard InChI is InChI=1S/C16H19F2N3O/c1-9-5-6-21(10(9)2)16-12(17)7-11(8-13(16)18)14-3-4-15(22)20-19-14/h7-10H,3-6H2,1-2H3,(H,20,22). The van der Waals surface area contributed by atoms with Gasteiger partial charge < -0.3 is 4.90 Å². The zero-order valence-corrected chi connectivity index (χ0v) is 12.7. The molecule has 0 bridgehead atoms. The van der Waals surface area contributed by atoms with E-state index in [1.165, 1.54) is 12.1 Å². The molecule has 0 saturated carbocycles. The van der Waals surface area contributed by atoms with Gasteiger partial charge in [-0.3, -0.25) is 4.79 Å². The van der Waals surface area contributed by atoms with Crippen LogP contribution in [0.2, 0.25) is 0 Å². The Morgan fingerprint density at radius 1 is 1.23 bits per heavy atom. The van der Waals surface area contributed by atoms with E-state index in [9.17, 15) is 13.6 Å². The van der Waals surface area contributed by atoms with Crippen molar-refractivity contribution in [1.29, 1.82) is 0 Å². The monoisotopic (exact) mass is 307 g/mol. The molecule has 118 valence electrons. The van der Waals surface area contributed by atoms with Gasteiger partial charge in [0.05, 0.1) is 5.71 Å². The fourth-order valence-electron chi connectivity index (χ4n) is 3.10. The molecule has 1 saturated heterocycles. The highest BCUT2D eigenvalue weighted by Crippen LogP contribution is 2.34. The predicted octanol–water partition coefficient (Wildman–Crippen LogP) is 2.81. The first-order chi connectivity index (χ1) is 10.5. The molecule has 6 heteroatoms. The van der Waals surface area contributed by atoms with Crippen molar-refractivity contribution in [1.82, 2.24) is 5.43 Å². The SMILES string of the molecule is CC1CCN(c2c(F)cc(C3=NNC(=O)CC3)cc2F)C1C. The Morgan fingerprint density at radius 3 is 2.41 bits per heavy atom. The fourth-order valence-corrected chi connectivity index (χ4v) is 3.10. The van der Waals surface area contributed by atoms with E-state index in [1.807, 2.05) is 6.92 Å². The largest absolute Gasteiger partial charge is 0.364 e. The summed E-state index contributed by atoms with van der Waals surface area (Å²) >= 11 is 0. The quantitative estimate of drug-likeness (QED) is 0.913. The Bertz CT molecular complexity index is 621.